The van der Waals surface area contributed by atoms with Gasteiger partial charge in [-0.1, -0.05) is 18.2 Å². The Bertz CT molecular complexity index is 481. The molecule has 1 N–H and O–H groups in total. The number of alkyl halides is 3. The van der Waals surface area contributed by atoms with E-state index >= 15 is 0 Å². The molecule has 0 radical (unpaired) electrons. The van der Waals surface area contributed by atoms with Crippen molar-refractivity contribution < 1.29 is 18.0 Å². The van der Waals surface area contributed by atoms with Gasteiger partial charge >= 0.3 is 6.18 Å². The Morgan fingerprint density at radius 3 is 2.41 bits per heavy atom. The Labute approximate surface area is 99.6 Å². The van der Waals surface area contributed by atoms with Crippen LogP contribution in [0.15, 0.2) is 41.8 Å². The van der Waals surface area contributed by atoms with Crippen LogP contribution < -0.4 is 10.3 Å². The van der Waals surface area contributed by atoms with Crippen LogP contribution in [0.3, 0.4) is 0 Å². The first-order chi connectivity index (χ1) is 8.05. The monoisotopic (exact) mass is 259 g/mol. The second kappa shape index (κ2) is 4.67. The maximum absolute atomic E-state index is 12.3. The highest BCUT2D eigenvalue weighted by atomic mass is 32.1. The standard InChI is InChI=1S/C11H8F3NOS/c12-11(13,14)8-6-10(17-7-8)16-15-9-4-2-1-3-5-9/h1-7,15H. The zero-order valence-electron chi connectivity index (χ0n) is 8.49. The van der Waals surface area contributed by atoms with Crippen LogP contribution in [0.1, 0.15) is 5.56 Å². The molecule has 2 rings (SSSR count). The number of benzene rings is 1. The van der Waals surface area contributed by atoms with Crippen LogP contribution in [0.4, 0.5) is 18.9 Å². The fourth-order valence-electron chi connectivity index (χ4n) is 1.13. The van der Waals surface area contributed by atoms with Gasteiger partial charge in [-0.05, 0) is 12.1 Å². The maximum Gasteiger partial charge on any atom is 0.417 e. The lowest BCUT2D eigenvalue weighted by Crippen LogP contribution is -2.04. The maximum atomic E-state index is 12.3. The van der Waals surface area contributed by atoms with E-state index in [9.17, 15) is 13.2 Å². The molecule has 90 valence electrons. The summed E-state index contributed by atoms with van der Waals surface area (Å²) in [5, 5.41) is 1.18. The molecular formula is C11H8F3NOS. The van der Waals surface area contributed by atoms with Gasteiger partial charge < -0.3 is 4.84 Å². The molecule has 2 aromatic rings. The zero-order valence-corrected chi connectivity index (χ0v) is 9.31. The van der Waals surface area contributed by atoms with Crippen molar-refractivity contribution >= 4 is 17.0 Å². The first kappa shape index (κ1) is 11.8. The molecule has 0 saturated heterocycles. The number of anilines is 1. The van der Waals surface area contributed by atoms with Gasteiger partial charge in [-0.25, -0.2) is 5.48 Å². The summed E-state index contributed by atoms with van der Waals surface area (Å²) in [6.07, 6.45) is -4.33. The van der Waals surface area contributed by atoms with Crippen LogP contribution in [-0.4, -0.2) is 0 Å². The lowest BCUT2D eigenvalue weighted by atomic mass is 10.3. The van der Waals surface area contributed by atoms with Crippen molar-refractivity contribution in [3.05, 3.63) is 47.3 Å². The van der Waals surface area contributed by atoms with Gasteiger partial charge in [0.05, 0.1) is 11.3 Å². The van der Waals surface area contributed by atoms with E-state index in [1.54, 1.807) is 24.3 Å². The third kappa shape index (κ3) is 3.13. The summed E-state index contributed by atoms with van der Waals surface area (Å²) in [5.74, 6) is 0. The number of para-hydroxylation sites is 1. The molecule has 0 atom stereocenters. The second-order valence-electron chi connectivity index (χ2n) is 3.22. The van der Waals surface area contributed by atoms with E-state index in [1.165, 1.54) is 0 Å². The van der Waals surface area contributed by atoms with Gasteiger partial charge in [0.25, 0.3) is 0 Å². The molecule has 0 aliphatic rings. The summed E-state index contributed by atoms with van der Waals surface area (Å²) < 4.78 is 36.9. The van der Waals surface area contributed by atoms with Gasteiger partial charge in [0, 0.05) is 11.4 Å². The molecule has 17 heavy (non-hydrogen) atoms. The Balaban J connectivity index is 1.99. The normalized spacial score (nSPS) is 11.2. The molecule has 0 aliphatic heterocycles. The highest BCUT2D eigenvalue weighted by Gasteiger charge is 2.32. The first-order valence-corrected chi connectivity index (χ1v) is 5.57. The Morgan fingerprint density at radius 2 is 1.82 bits per heavy atom. The molecule has 1 aromatic heterocycles. The van der Waals surface area contributed by atoms with Crippen molar-refractivity contribution in [1.29, 1.82) is 0 Å². The van der Waals surface area contributed by atoms with Crippen molar-refractivity contribution in [2.75, 3.05) is 5.48 Å². The number of hydrogen-bond acceptors (Lipinski definition) is 3. The Kier molecular flexibility index (Phi) is 3.23. The van der Waals surface area contributed by atoms with Crippen LogP contribution in [0.2, 0.25) is 0 Å². The highest BCUT2D eigenvalue weighted by Crippen LogP contribution is 2.35. The number of halogens is 3. The van der Waals surface area contributed by atoms with Crippen molar-refractivity contribution in [2.24, 2.45) is 0 Å². The van der Waals surface area contributed by atoms with E-state index in [0.29, 0.717) is 5.69 Å². The van der Waals surface area contributed by atoms with E-state index in [2.05, 4.69) is 5.48 Å². The Hall–Kier alpha value is -1.69. The smallest absolute Gasteiger partial charge is 0.371 e. The van der Waals surface area contributed by atoms with Gasteiger partial charge in [-0.2, -0.15) is 13.2 Å². The van der Waals surface area contributed by atoms with E-state index in [-0.39, 0.29) is 5.06 Å². The molecule has 6 heteroatoms. The highest BCUT2D eigenvalue weighted by molar-refractivity contribution is 7.12. The SMILES string of the molecule is FC(F)(F)c1csc(ONc2ccccc2)c1. The van der Waals surface area contributed by atoms with E-state index in [1.807, 2.05) is 6.07 Å². The van der Waals surface area contributed by atoms with Crippen molar-refractivity contribution in [2.45, 2.75) is 6.18 Å². The van der Waals surface area contributed by atoms with Crippen molar-refractivity contribution in [3.8, 4) is 5.06 Å². The molecule has 1 aromatic carbocycles. The largest absolute Gasteiger partial charge is 0.417 e. The second-order valence-corrected chi connectivity index (χ2v) is 4.10. The first-order valence-electron chi connectivity index (χ1n) is 4.69. The number of hydrogen-bond donors (Lipinski definition) is 1. The summed E-state index contributed by atoms with van der Waals surface area (Å²) in [7, 11) is 0. The summed E-state index contributed by atoms with van der Waals surface area (Å²) in [6, 6.07) is 9.87. The van der Waals surface area contributed by atoms with Gasteiger partial charge in [-0.3, -0.25) is 0 Å². The molecule has 2 nitrogen and oxygen atoms in total. The van der Waals surface area contributed by atoms with Gasteiger partial charge in [0.2, 0.25) is 5.06 Å². The lowest BCUT2D eigenvalue weighted by molar-refractivity contribution is -0.137. The van der Waals surface area contributed by atoms with Crippen LogP contribution in [0.5, 0.6) is 5.06 Å². The number of rotatable bonds is 3. The molecule has 0 spiro atoms. The quantitative estimate of drug-likeness (QED) is 0.835. The predicted molar refractivity (Wildman–Crippen MR) is 60.0 cm³/mol. The van der Waals surface area contributed by atoms with Gasteiger partial charge in [0.15, 0.2) is 0 Å². The fourth-order valence-corrected chi connectivity index (χ4v) is 1.86. The molecule has 0 fully saturated rings. The van der Waals surface area contributed by atoms with E-state index in [0.717, 1.165) is 22.8 Å². The summed E-state index contributed by atoms with van der Waals surface area (Å²) in [4.78, 5) is 5.04. The van der Waals surface area contributed by atoms with Crippen molar-refractivity contribution in [3.63, 3.8) is 0 Å². The van der Waals surface area contributed by atoms with Crippen LogP contribution in [-0.2, 0) is 6.18 Å². The minimum absolute atomic E-state index is 0.168. The van der Waals surface area contributed by atoms with Crippen LogP contribution in [0, 0.1) is 0 Å². The predicted octanol–water partition coefficient (Wildman–Crippen LogP) is 4.17. The van der Waals surface area contributed by atoms with E-state index in [4.69, 9.17) is 4.84 Å². The molecule has 1 heterocycles. The van der Waals surface area contributed by atoms with Crippen LogP contribution in [0.25, 0.3) is 0 Å². The summed E-state index contributed by atoms with van der Waals surface area (Å²) in [5.41, 5.74) is 2.54. The average Bonchev–Trinajstić information content (AvgIpc) is 2.76. The number of nitrogens with one attached hydrogen (secondary N) is 1. The van der Waals surface area contributed by atoms with E-state index < -0.39 is 11.7 Å². The zero-order chi connectivity index (χ0) is 12.3. The van der Waals surface area contributed by atoms with Gasteiger partial charge in [0.1, 0.15) is 0 Å². The molecular weight excluding hydrogens is 251 g/mol. The molecule has 0 amide bonds. The summed E-state index contributed by atoms with van der Waals surface area (Å²) >= 11 is 0.891. The minimum atomic E-state index is -4.33. The molecule has 0 unspecified atom stereocenters. The third-order valence-corrected chi connectivity index (χ3v) is 2.75. The molecule has 0 bridgehead atoms. The van der Waals surface area contributed by atoms with Gasteiger partial charge in [-0.15, -0.1) is 11.3 Å². The average molecular weight is 259 g/mol. The molecule has 0 saturated carbocycles. The third-order valence-electron chi connectivity index (χ3n) is 1.95. The topological polar surface area (TPSA) is 21.3 Å². The fraction of sp³-hybridized carbons (Fsp3) is 0.0909. The summed E-state index contributed by atoms with van der Waals surface area (Å²) in [6.45, 7) is 0. The minimum Gasteiger partial charge on any atom is -0.371 e. The Morgan fingerprint density at radius 1 is 1.12 bits per heavy atom. The number of thiophene rings is 1. The lowest BCUT2D eigenvalue weighted by Gasteiger charge is -2.05. The molecule has 0 aliphatic carbocycles. The van der Waals surface area contributed by atoms with Crippen molar-refractivity contribution in [1.82, 2.24) is 0 Å². The van der Waals surface area contributed by atoms with Crippen LogP contribution >= 0.6 is 11.3 Å².